The number of rotatable bonds is 1. The summed E-state index contributed by atoms with van der Waals surface area (Å²) < 4.78 is 2.21. The maximum Gasteiger partial charge on any atom is 0.213 e. The second-order valence-corrected chi connectivity index (χ2v) is 5.52. The lowest BCUT2D eigenvalue weighted by atomic mass is 10.3. The number of nitrogen functional groups attached to an aromatic ring is 1. The molecular formula is C11H5Cl2N5S. The van der Waals surface area contributed by atoms with Crippen LogP contribution < -0.4 is 5.73 Å². The third-order valence-electron chi connectivity index (χ3n) is 2.51. The average molecular weight is 310 g/mol. The first-order valence-electron chi connectivity index (χ1n) is 5.09. The van der Waals surface area contributed by atoms with Crippen LogP contribution in [-0.4, -0.2) is 14.8 Å². The number of nitrogens with zero attached hydrogens (tertiary/aromatic N) is 4. The van der Waals surface area contributed by atoms with Crippen LogP contribution in [0.4, 0.5) is 5.82 Å². The molecule has 0 amide bonds. The Morgan fingerprint density at radius 3 is 2.84 bits per heavy atom. The smallest absolute Gasteiger partial charge is 0.213 e. The molecule has 19 heavy (non-hydrogen) atoms. The van der Waals surface area contributed by atoms with Crippen LogP contribution in [0, 0.1) is 11.3 Å². The molecule has 0 unspecified atom stereocenters. The van der Waals surface area contributed by atoms with Crippen LogP contribution in [0.25, 0.3) is 15.3 Å². The van der Waals surface area contributed by atoms with Gasteiger partial charge in [-0.3, -0.25) is 0 Å². The van der Waals surface area contributed by atoms with Crippen LogP contribution in [0.1, 0.15) is 5.56 Å². The number of anilines is 1. The molecule has 5 nitrogen and oxygen atoms in total. The Balaban J connectivity index is 2.24. The number of benzene rings is 1. The summed E-state index contributed by atoms with van der Waals surface area (Å²) in [6.45, 7) is 0. The Kier molecular flexibility index (Phi) is 2.82. The van der Waals surface area contributed by atoms with Crippen molar-refractivity contribution in [2.24, 2.45) is 0 Å². The predicted molar refractivity (Wildman–Crippen MR) is 75.9 cm³/mol. The van der Waals surface area contributed by atoms with Gasteiger partial charge in [0.1, 0.15) is 17.5 Å². The molecule has 2 aromatic heterocycles. The van der Waals surface area contributed by atoms with Crippen molar-refractivity contribution in [3.05, 3.63) is 33.9 Å². The zero-order chi connectivity index (χ0) is 13.6. The first-order valence-corrected chi connectivity index (χ1v) is 6.67. The van der Waals surface area contributed by atoms with Gasteiger partial charge in [-0.2, -0.15) is 15.0 Å². The average Bonchev–Trinajstić information content (AvgIpc) is 2.92. The van der Waals surface area contributed by atoms with E-state index in [-0.39, 0.29) is 5.82 Å². The van der Waals surface area contributed by atoms with E-state index in [9.17, 15) is 0 Å². The first kappa shape index (κ1) is 12.2. The molecule has 3 aromatic rings. The molecule has 1 aromatic carbocycles. The second kappa shape index (κ2) is 4.38. The topological polar surface area (TPSA) is 80.5 Å². The van der Waals surface area contributed by atoms with Gasteiger partial charge < -0.3 is 5.73 Å². The van der Waals surface area contributed by atoms with Crippen molar-refractivity contribution in [2.45, 2.75) is 0 Å². The molecule has 0 aliphatic rings. The number of halogens is 2. The highest BCUT2D eigenvalue weighted by molar-refractivity contribution is 7.21. The van der Waals surface area contributed by atoms with E-state index in [0.29, 0.717) is 26.3 Å². The molecule has 94 valence electrons. The monoisotopic (exact) mass is 309 g/mol. The number of hydrogen-bond donors (Lipinski definition) is 1. The molecule has 0 bridgehead atoms. The molecule has 0 saturated heterocycles. The minimum Gasteiger partial charge on any atom is -0.382 e. The highest BCUT2D eigenvalue weighted by Crippen LogP contribution is 2.34. The molecular weight excluding hydrogens is 305 g/mol. The van der Waals surface area contributed by atoms with Gasteiger partial charge in [-0.25, -0.2) is 4.98 Å². The predicted octanol–water partition coefficient (Wildman–Crippen LogP) is 3.24. The Labute approximate surface area is 121 Å². The second-order valence-electron chi connectivity index (χ2n) is 3.70. The summed E-state index contributed by atoms with van der Waals surface area (Å²) in [6.07, 6.45) is 1.40. The van der Waals surface area contributed by atoms with Gasteiger partial charge in [0.25, 0.3) is 0 Å². The highest BCUT2D eigenvalue weighted by atomic mass is 35.5. The van der Waals surface area contributed by atoms with E-state index in [2.05, 4.69) is 10.1 Å². The third kappa shape index (κ3) is 1.92. The molecule has 0 spiro atoms. The van der Waals surface area contributed by atoms with Crippen LogP contribution >= 0.6 is 34.5 Å². The van der Waals surface area contributed by atoms with Crippen molar-refractivity contribution in [1.29, 1.82) is 5.26 Å². The number of aromatic nitrogens is 3. The SMILES string of the molecule is N#Cc1cnn(-c2nc3cc(Cl)cc(Cl)c3s2)c1N. The highest BCUT2D eigenvalue weighted by Gasteiger charge is 2.14. The van der Waals surface area contributed by atoms with Crippen LogP contribution in [-0.2, 0) is 0 Å². The lowest BCUT2D eigenvalue weighted by Crippen LogP contribution is -2.01. The first-order chi connectivity index (χ1) is 9.10. The summed E-state index contributed by atoms with van der Waals surface area (Å²) in [5.41, 5.74) is 6.80. The zero-order valence-corrected chi connectivity index (χ0v) is 11.6. The molecule has 0 aliphatic heterocycles. The largest absolute Gasteiger partial charge is 0.382 e. The Bertz CT molecular complexity index is 830. The normalized spacial score (nSPS) is 10.8. The number of thiazole rings is 1. The summed E-state index contributed by atoms with van der Waals surface area (Å²) in [6, 6.07) is 5.33. The van der Waals surface area contributed by atoms with Crippen LogP contribution in [0.2, 0.25) is 10.0 Å². The van der Waals surface area contributed by atoms with Crippen molar-refractivity contribution >= 4 is 50.6 Å². The standard InChI is InChI=1S/C11H5Cl2N5S/c12-6-1-7(13)9-8(2-6)17-11(19-9)18-10(15)5(3-14)4-16-18/h1-2,4H,15H2. The van der Waals surface area contributed by atoms with Gasteiger partial charge in [0.15, 0.2) is 0 Å². The summed E-state index contributed by atoms with van der Waals surface area (Å²) >= 11 is 13.4. The summed E-state index contributed by atoms with van der Waals surface area (Å²) in [5, 5.41) is 14.5. The Morgan fingerprint density at radius 1 is 1.37 bits per heavy atom. The van der Waals surface area contributed by atoms with Gasteiger partial charge in [0.05, 0.1) is 21.4 Å². The van der Waals surface area contributed by atoms with Crippen LogP contribution in [0.15, 0.2) is 18.3 Å². The molecule has 2 N–H and O–H groups in total. The van der Waals surface area contributed by atoms with E-state index >= 15 is 0 Å². The molecule has 0 fully saturated rings. The van der Waals surface area contributed by atoms with Crippen molar-refractivity contribution in [3.63, 3.8) is 0 Å². The number of hydrogen-bond acceptors (Lipinski definition) is 5. The van der Waals surface area contributed by atoms with Gasteiger partial charge >= 0.3 is 0 Å². The van der Waals surface area contributed by atoms with Gasteiger partial charge in [-0.05, 0) is 12.1 Å². The molecule has 0 radical (unpaired) electrons. The van der Waals surface area contributed by atoms with Crippen molar-refractivity contribution in [2.75, 3.05) is 5.73 Å². The van der Waals surface area contributed by atoms with Crippen molar-refractivity contribution in [1.82, 2.24) is 14.8 Å². The molecule has 0 aliphatic carbocycles. The minimum absolute atomic E-state index is 0.253. The summed E-state index contributed by atoms with van der Waals surface area (Å²) in [5.74, 6) is 0.253. The lowest BCUT2D eigenvalue weighted by Gasteiger charge is -1.96. The molecule has 2 heterocycles. The summed E-state index contributed by atoms with van der Waals surface area (Å²) in [7, 11) is 0. The maximum atomic E-state index is 8.86. The fraction of sp³-hybridized carbons (Fsp3) is 0. The van der Waals surface area contributed by atoms with E-state index < -0.39 is 0 Å². The van der Waals surface area contributed by atoms with Crippen LogP contribution in [0.5, 0.6) is 0 Å². The third-order valence-corrected chi connectivity index (χ3v) is 4.21. The van der Waals surface area contributed by atoms with E-state index in [0.717, 1.165) is 4.70 Å². The molecule has 0 atom stereocenters. The molecule has 0 saturated carbocycles. The lowest BCUT2D eigenvalue weighted by molar-refractivity contribution is 0.883. The quantitative estimate of drug-likeness (QED) is 0.748. The molecule has 3 rings (SSSR count). The minimum atomic E-state index is 0.253. The van der Waals surface area contributed by atoms with Gasteiger partial charge in [0.2, 0.25) is 5.13 Å². The van der Waals surface area contributed by atoms with Gasteiger partial charge in [-0.15, -0.1) is 0 Å². The van der Waals surface area contributed by atoms with Gasteiger partial charge in [-0.1, -0.05) is 34.5 Å². The maximum absolute atomic E-state index is 8.86. The number of nitriles is 1. The zero-order valence-electron chi connectivity index (χ0n) is 9.26. The van der Waals surface area contributed by atoms with E-state index in [4.69, 9.17) is 34.2 Å². The Hall–Kier alpha value is -1.81. The van der Waals surface area contributed by atoms with Crippen molar-refractivity contribution < 1.29 is 0 Å². The summed E-state index contributed by atoms with van der Waals surface area (Å²) in [4.78, 5) is 4.37. The van der Waals surface area contributed by atoms with Crippen molar-refractivity contribution in [3.8, 4) is 11.2 Å². The van der Waals surface area contributed by atoms with Crippen LogP contribution in [0.3, 0.4) is 0 Å². The van der Waals surface area contributed by atoms with E-state index in [1.807, 2.05) is 6.07 Å². The fourth-order valence-corrected chi connectivity index (χ4v) is 3.16. The molecule has 8 heteroatoms. The van der Waals surface area contributed by atoms with Gasteiger partial charge in [0, 0.05) is 5.02 Å². The number of fused-ring (bicyclic) bond motifs is 1. The fourth-order valence-electron chi connectivity index (χ4n) is 1.64. The Morgan fingerprint density at radius 2 is 2.16 bits per heavy atom. The van der Waals surface area contributed by atoms with E-state index in [1.165, 1.54) is 22.2 Å². The van der Waals surface area contributed by atoms with E-state index in [1.54, 1.807) is 12.1 Å². The number of nitrogens with two attached hydrogens (primary N) is 1.